The quantitative estimate of drug-likeness (QED) is 0.775. The molecule has 3 N–H and O–H groups in total. The molecule has 0 aliphatic carbocycles. The average molecular weight is 206 g/mol. The molecule has 0 fully saturated rings. The van der Waals surface area contributed by atoms with E-state index in [0.717, 1.165) is 13.0 Å². The van der Waals surface area contributed by atoms with Crippen LogP contribution in [0.2, 0.25) is 0 Å². The van der Waals surface area contributed by atoms with Crippen LogP contribution in [0.3, 0.4) is 0 Å². The van der Waals surface area contributed by atoms with Gasteiger partial charge in [-0.2, -0.15) is 0 Å². The fourth-order valence-electron chi connectivity index (χ4n) is 1.72. The predicted molar refractivity (Wildman–Crippen MR) is 65.8 cm³/mol. The van der Waals surface area contributed by atoms with Crippen molar-refractivity contribution in [1.82, 2.24) is 5.32 Å². The first kappa shape index (κ1) is 12.2. The average Bonchev–Trinajstić information content (AvgIpc) is 2.27. The number of rotatable bonds is 5. The molecule has 2 heteroatoms. The van der Waals surface area contributed by atoms with Gasteiger partial charge in [0.15, 0.2) is 0 Å². The van der Waals surface area contributed by atoms with Crippen LogP contribution >= 0.6 is 0 Å². The number of benzene rings is 1. The summed E-state index contributed by atoms with van der Waals surface area (Å²) in [6.07, 6.45) is 1.09. The zero-order chi connectivity index (χ0) is 11.3. The van der Waals surface area contributed by atoms with Crippen molar-refractivity contribution in [2.24, 2.45) is 11.7 Å². The van der Waals surface area contributed by atoms with Crippen molar-refractivity contribution in [3.05, 3.63) is 35.4 Å². The van der Waals surface area contributed by atoms with E-state index in [0.29, 0.717) is 12.0 Å². The largest absolute Gasteiger partial charge is 0.330 e. The van der Waals surface area contributed by atoms with E-state index in [-0.39, 0.29) is 0 Å². The first-order valence-electron chi connectivity index (χ1n) is 5.61. The Labute approximate surface area is 92.9 Å². The summed E-state index contributed by atoms with van der Waals surface area (Å²) in [5.74, 6) is 0.559. The highest BCUT2D eigenvalue weighted by Gasteiger charge is 2.12. The molecule has 0 aliphatic heterocycles. The van der Waals surface area contributed by atoms with E-state index in [1.165, 1.54) is 11.1 Å². The van der Waals surface area contributed by atoms with Gasteiger partial charge in [0.05, 0.1) is 0 Å². The predicted octanol–water partition coefficient (Wildman–Crippen LogP) is 2.24. The third-order valence-corrected chi connectivity index (χ3v) is 2.87. The van der Waals surface area contributed by atoms with E-state index in [1.807, 2.05) is 7.05 Å². The molecule has 2 nitrogen and oxygen atoms in total. The minimum atomic E-state index is 0.421. The molecule has 1 aromatic rings. The summed E-state index contributed by atoms with van der Waals surface area (Å²) in [4.78, 5) is 0. The van der Waals surface area contributed by atoms with E-state index in [4.69, 9.17) is 5.73 Å². The van der Waals surface area contributed by atoms with Gasteiger partial charge in [-0.05, 0) is 38.4 Å². The lowest BCUT2D eigenvalue weighted by atomic mass is 9.95. The molecule has 0 aliphatic rings. The molecule has 84 valence electrons. The second-order valence-electron chi connectivity index (χ2n) is 4.33. The Morgan fingerprint density at radius 3 is 2.33 bits per heavy atom. The van der Waals surface area contributed by atoms with Gasteiger partial charge in [0, 0.05) is 6.04 Å². The Balaban J connectivity index is 2.69. The lowest BCUT2D eigenvalue weighted by molar-refractivity contribution is 0.438. The van der Waals surface area contributed by atoms with Crippen LogP contribution in [0.4, 0.5) is 0 Å². The maximum atomic E-state index is 5.65. The molecule has 0 spiro atoms. The van der Waals surface area contributed by atoms with Gasteiger partial charge in [-0.1, -0.05) is 36.8 Å². The molecule has 1 aromatic carbocycles. The molecule has 15 heavy (non-hydrogen) atoms. The summed E-state index contributed by atoms with van der Waals surface area (Å²) >= 11 is 0. The summed E-state index contributed by atoms with van der Waals surface area (Å²) in [5, 5.41) is 3.35. The van der Waals surface area contributed by atoms with Crippen LogP contribution in [-0.4, -0.2) is 13.6 Å². The molecule has 2 atom stereocenters. The monoisotopic (exact) mass is 206 g/mol. The number of nitrogens with two attached hydrogens (primary N) is 1. The van der Waals surface area contributed by atoms with Crippen molar-refractivity contribution in [3.8, 4) is 0 Å². The summed E-state index contributed by atoms with van der Waals surface area (Å²) in [6, 6.07) is 9.13. The second kappa shape index (κ2) is 5.89. The van der Waals surface area contributed by atoms with Crippen molar-refractivity contribution in [3.63, 3.8) is 0 Å². The third-order valence-electron chi connectivity index (χ3n) is 2.87. The van der Waals surface area contributed by atoms with E-state index in [2.05, 4.69) is 43.4 Å². The number of hydrogen-bond donors (Lipinski definition) is 2. The van der Waals surface area contributed by atoms with Crippen molar-refractivity contribution in [2.75, 3.05) is 13.6 Å². The number of aryl methyl sites for hydroxylation is 1. The smallest absolute Gasteiger partial charge is 0.0320 e. The molecule has 0 heterocycles. The Bertz CT molecular complexity index is 279. The Hall–Kier alpha value is -0.860. The van der Waals surface area contributed by atoms with E-state index in [1.54, 1.807) is 0 Å². The van der Waals surface area contributed by atoms with Gasteiger partial charge in [0.25, 0.3) is 0 Å². The van der Waals surface area contributed by atoms with Crippen LogP contribution < -0.4 is 11.1 Å². The van der Waals surface area contributed by atoms with Crippen molar-refractivity contribution in [1.29, 1.82) is 0 Å². The Kier molecular flexibility index (Phi) is 4.79. The number of hydrogen-bond acceptors (Lipinski definition) is 2. The van der Waals surface area contributed by atoms with Gasteiger partial charge < -0.3 is 11.1 Å². The fourth-order valence-corrected chi connectivity index (χ4v) is 1.72. The first-order chi connectivity index (χ1) is 7.17. The summed E-state index contributed by atoms with van der Waals surface area (Å²) < 4.78 is 0. The van der Waals surface area contributed by atoms with Crippen LogP contribution in [0.5, 0.6) is 0 Å². The van der Waals surface area contributed by atoms with Gasteiger partial charge in [-0.3, -0.25) is 0 Å². The van der Waals surface area contributed by atoms with Gasteiger partial charge in [0.2, 0.25) is 0 Å². The van der Waals surface area contributed by atoms with E-state index < -0.39 is 0 Å². The molecule has 0 radical (unpaired) electrons. The molecule has 0 aromatic heterocycles. The minimum absolute atomic E-state index is 0.421. The molecular formula is C13H22N2. The fraction of sp³-hybridized carbons (Fsp3) is 0.538. The number of nitrogens with one attached hydrogen (secondary N) is 1. The van der Waals surface area contributed by atoms with Gasteiger partial charge in [-0.15, -0.1) is 0 Å². The first-order valence-corrected chi connectivity index (χ1v) is 5.61. The standard InChI is InChI=1S/C13H22N2/c1-10-4-6-12(7-5-10)13(15-3)8-11(2)9-14/h4-7,11,13,15H,8-9,14H2,1-3H3. The third kappa shape index (κ3) is 3.65. The van der Waals surface area contributed by atoms with Crippen LogP contribution in [0.15, 0.2) is 24.3 Å². The summed E-state index contributed by atoms with van der Waals surface area (Å²) in [5.41, 5.74) is 8.31. The van der Waals surface area contributed by atoms with E-state index in [9.17, 15) is 0 Å². The summed E-state index contributed by atoms with van der Waals surface area (Å²) in [6.45, 7) is 5.06. The normalized spacial score (nSPS) is 14.9. The van der Waals surface area contributed by atoms with Crippen molar-refractivity contribution < 1.29 is 0 Å². The minimum Gasteiger partial charge on any atom is -0.330 e. The Morgan fingerprint density at radius 2 is 1.87 bits per heavy atom. The molecule has 1 rings (SSSR count). The second-order valence-corrected chi connectivity index (χ2v) is 4.33. The summed E-state index contributed by atoms with van der Waals surface area (Å²) in [7, 11) is 2.01. The van der Waals surface area contributed by atoms with Crippen molar-refractivity contribution >= 4 is 0 Å². The highest BCUT2D eigenvalue weighted by Crippen LogP contribution is 2.20. The zero-order valence-corrected chi connectivity index (χ0v) is 9.96. The van der Waals surface area contributed by atoms with Gasteiger partial charge in [0.1, 0.15) is 0 Å². The highest BCUT2D eigenvalue weighted by atomic mass is 14.9. The maximum absolute atomic E-state index is 5.65. The van der Waals surface area contributed by atoms with Crippen LogP contribution in [0.25, 0.3) is 0 Å². The molecular weight excluding hydrogens is 184 g/mol. The van der Waals surface area contributed by atoms with Gasteiger partial charge in [-0.25, -0.2) is 0 Å². The highest BCUT2D eigenvalue weighted by molar-refractivity contribution is 5.24. The SMILES string of the molecule is CNC(CC(C)CN)c1ccc(C)cc1. The Morgan fingerprint density at radius 1 is 1.27 bits per heavy atom. The lowest BCUT2D eigenvalue weighted by Crippen LogP contribution is -2.22. The van der Waals surface area contributed by atoms with Crippen LogP contribution in [-0.2, 0) is 0 Å². The van der Waals surface area contributed by atoms with Gasteiger partial charge >= 0.3 is 0 Å². The topological polar surface area (TPSA) is 38.0 Å². The lowest BCUT2D eigenvalue weighted by Gasteiger charge is -2.20. The zero-order valence-electron chi connectivity index (χ0n) is 9.96. The molecule has 0 saturated carbocycles. The van der Waals surface area contributed by atoms with Crippen molar-refractivity contribution in [2.45, 2.75) is 26.3 Å². The molecule has 0 bridgehead atoms. The molecule has 0 saturated heterocycles. The molecule has 0 amide bonds. The van der Waals surface area contributed by atoms with E-state index >= 15 is 0 Å². The van der Waals surface area contributed by atoms with Crippen LogP contribution in [0, 0.1) is 12.8 Å². The molecule has 2 unspecified atom stereocenters. The maximum Gasteiger partial charge on any atom is 0.0320 e. The van der Waals surface area contributed by atoms with Crippen LogP contribution in [0.1, 0.15) is 30.5 Å².